The molecule has 13 heteroatoms. The third-order valence-corrected chi connectivity index (χ3v) is 6.86. The van der Waals surface area contributed by atoms with Gasteiger partial charge in [-0.2, -0.15) is 10.4 Å². The Hall–Kier alpha value is -2.39. The number of fused-ring (bicyclic) bond motifs is 2. The molecule has 2 aliphatic rings. The van der Waals surface area contributed by atoms with E-state index < -0.39 is 44.4 Å². The Balaban J connectivity index is 1.58. The van der Waals surface area contributed by atoms with E-state index in [1.807, 2.05) is 6.92 Å². The molecular formula is C19H26N7O5P. The highest BCUT2D eigenvalue weighted by molar-refractivity contribution is 7.45. The Bertz CT molecular complexity index is 1040. The second-order valence-corrected chi connectivity index (χ2v) is 9.22. The van der Waals surface area contributed by atoms with Crippen molar-refractivity contribution in [2.45, 2.75) is 57.8 Å². The van der Waals surface area contributed by atoms with E-state index in [0.717, 1.165) is 0 Å². The lowest BCUT2D eigenvalue weighted by atomic mass is 9.85. The van der Waals surface area contributed by atoms with Crippen molar-refractivity contribution in [3.8, 4) is 6.07 Å². The molecule has 0 spiro atoms. The number of nitrogens with zero attached hydrogens (tertiary/aromatic N) is 4. The maximum absolute atomic E-state index is 12.2. The molecule has 32 heavy (non-hydrogen) atoms. The fraction of sp³-hybridized carbons (Fsp3) is 0.579. The third-order valence-electron chi connectivity index (χ3n) is 5.46. The molecule has 4 rings (SSSR count). The monoisotopic (exact) mass is 463 g/mol. The van der Waals surface area contributed by atoms with Gasteiger partial charge in [0.2, 0.25) is 5.60 Å². The van der Waals surface area contributed by atoms with Crippen molar-refractivity contribution in [1.29, 1.82) is 5.26 Å². The number of anilines is 1. The average Bonchev–Trinajstić information content (AvgIpc) is 3.22. The number of aromatic nitrogens is 3. The smallest absolute Gasteiger partial charge is 0.323 e. The summed E-state index contributed by atoms with van der Waals surface area (Å²) in [6, 6.07) is 5.20. The Morgan fingerprint density at radius 1 is 1.50 bits per heavy atom. The highest BCUT2D eigenvalue weighted by Crippen LogP contribution is 2.50. The van der Waals surface area contributed by atoms with Crippen LogP contribution in [0.4, 0.5) is 5.82 Å². The van der Waals surface area contributed by atoms with E-state index in [9.17, 15) is 10.1 Å². The molecule has 172 valence electrons. The molecule has 2 aliphatic heterocycles. The molecule has 12 nitrogen and oxygen atoms in total. The molecule has 0 amide bonds. The van der Waals surface area contributed by atoms with E-state index in [-0.39, 0.29) is 12.8 Å². The molecule has 2 aromatic heterocycles. The van der Waals surface area contributed by atoms with Gasteiger partial charge in [-0.1, -0.05) is 6.92 Å². The summed E-state index contributed by atoms with van der Waals surface area (Å²) < 4.78 is 24.9. The Kier molecular flexibility index (Phi) is 6.31. The van der Waals surface area contributed by atoms with E-state index in [0.29, 0.717) is 17.0 Å². The highest BCUT2D eigenvalue weighted by atomic mass is 31.2. The van der Waals surface area contributed by atoms with Gasteiger partial charge in [-0.3, -0.25) is 10.1 Å². The summed E-state index contributed by atoms with van der Waals surface area (Å²) in [6.07, 6.45) is -0.0379. The van der Waals surface area contributed by atoms with Gasteiger partial charge in [-0.25, -0.2) is 14.6 Å². The fourth-order valence-corrected chi connectivity index (χ4v) is 5.14. The number of nitriles is 1. The summed E-state index contributed by atoms with van der Waals surface area (Å²) in [4.78, 5) is 16.2. The van der Waals surface area contributed by atoms with Crippen LogP contribution in [-0.4, -0.2) is 51.8 Å². The Morgan fingerprint density at radius 2 is 2.28 bits per heavy atom. The van der Waals surface area contributed by atoms with Crippen LogP contribution in [-0.2, 0) is 28.9 Å². The second kappa shape index (κ2) is 8.86. The van der Waals surface area contributed by atoms with Gasteiger partial charge in [-0.15, -0.1) is 0 Å². The van der Waals surface area contributed by atoms with Crippen molar-refractivity contribution in [3.05, 3.63) is 24.2 Å². The minimum absolute atomic E-state index is 0.115. The molecule has 6 atom stereocenters. The lowest BCUT2D eigenvalue weighted by molar-refractivity contribution is -0.149. The Morgan fingerprint density at radius 3 is 3.00 bits per heavy atom. The number of nitrogens with one attached hydrogen (secondary N) is 2. The summed E-state index contributed by atoms with van der Waals surface area (Å²) >= 11 is 0. The van der Waals surface area contributed by atoms with Crippen molar-refractivity contribution in [3.63, 3.8) is 0 Å². The standard InChI is InChI=1S/C19H26N7O5P/c1-10(2)29-18(27)12(4)25-32-28-9-23-17-15(31-32)11(3)19(7-20,30-17)14-6-5-13-16(21)22-8-24-26(13)14/h5-6,8,10-12,15,17,23,25H,9H2,1-4H3,(H2,21,22,24)/t11-,12-,15-,17?,19+,32?/m0/s1. The van der Waals surface area contributed by atoms with Crippen molar-refractivity contribution in [2.24, 2.45) is 5.92 Å². The molecule has 4 N–H and O–H groups in total. The maximum Gasteiger partial charge on any atom is 0.323 e. The van der Waals surface area contributed by atoms with Gasteiger partial charge in [0.25, 0.3) is 8.53 Å². The Labute approximate surface area is 186 Å². The van der Waals surface area contributed by atoms with Crippen molar-refractivity contribution in [2.75, 3.05) is 12.5 Å². The third kappa shape index (κ3) is 3.92. The van der Waals surface area contributed by atoms with Crippen LogP contribution in [0.3, 0.4) is 0 Å². The number of hydrogen-bond acceptors (Lipinski definition) is 11. The van der Waals surface area contributed by atoms with Gasteiger partial charge in [-0.05, 0) is 32.9 Å². The van der Waals surface area contributed by atoms with Gasteiger partial charge in [0.1, 0.15) is 43.0 Å². The zero-order valence-corrected chi connectivity index (χ0v) is 19.1. The summed E-state index contributed by atoms with van der Waals surface area (Å²) in [5.41, 5.74) is 5.71. The van der Waals surface area contributed by atoms with Crippen LogP contribution in [0.2, 0.25) is 0 Å². The number of carbonyl (C=O) groups excluding carboxylic acids is 1. The van der Waals surface area contributed by atoms with Crippen molar-refractivity contribution >= 4 is 25.8 Å². The summed E-state index contributed by atoms with van der Waals surface area (Å²) in [5, 5.41) is 20.6. The van der Waals surface area contributed by atoms with Gasteiger partial charge in [0, 0.05) is 5.92 Å². The molecular weight excluding hydrogens is 437 g/mol. The largest absolute Gasteiger partial charge is 0.462 e. The van der Waals surface area contributed by atoms with Gasteiger partial charge >= 0.3 is 5.97 Å². The molecule has 0 bridgehead atoms. The lowest BCUT2D eigenvalue weighted by Crippen LogP contribution is -2.38. The number of ether oxygens (including phenoxy) is 2. The molecule has 2 fully saturated rings. The zero-order chi connectivity index (χ0) is 23.0. The van der Waals surface area contributed by atoms with Crippen LogP contribution >= 0.6 is 8.53 Å². The number of rotatable bonds is 5. The van der Waals surface area contributed by atoms with E-state index in [4.69, 9.17) is 24.3 Å². The maximum atomic E-state index is 12.2. The minimum Gasteiger partial charge on any atom is -0.462 e. The van der Waals surface area contributed by atoms with Gasteiger partial charge in [0.05, 0.1) is 11.8 Å². The van der Waals surface area contributed by atoms with Crippen LogP contribution in [0.1, 0.15) is 33.4 Å². The van der Waals surface area contributed by atoms with E-state index in [1.165, 1.54) is 6.33 Å². The molecule has 4 heterocycles. The molecule has 2 saturated heterocycles. The topological polar surface area (TPSA) is 158 Å². The first kappa shape index (κ1) is 22.8. The first-order valence-electron chi connectivity index (χ1n) is 10.2. The van der Waals surface area contributed by atoms with Gasteiger partial charge < -0.3 is 24.3 Å². The van der Waals surface area contributed by atoms with Crippen molar-refractivity contribution in [1.82, 2.24) is 25.0 Å². The van der Waals surface area contributed by atoms with E-state index in [1.54, 1.807) is 37.4 Å². The van der Waals surface area contributed by atoms with E-state index in [2.05, 4.69) is 26.6 Å². The first-order valence-corrected chi connectivity index (χ1v) is 11.4. The molecule has 0 radical (unpaired) electrons. The quantitative estimate of drug-likeness (QED) is 0.431. The van der Waals surface area contributed by atoms with Crippen LogP contribution in [0.15, 0.2) is 18.5 Å². The van der Waals surface area contributed by atoms with Crippen molar-refractivity contribution < 1.29 is 23.3 Å². The van der Waals surface area contributed by atoms with Crippen LogP contribution < -0.4 is 16.1 Å². The number of hydrogen-bond donors (Lipinski definition) is 3. The number of nitrogens with two attached hydrogens (primary N) is 1. The van der Waals surface area contributed by atoms with Gasteiger partial charge in [0.15, 0.2) is 5.82 Å². The molecule has 0 aliphatic carbocycles. The predicted molar refractivity (Wildman–Crippen MR) is 113 cm³/mol. The molecule has 2 unspecified atom stereocenters. The first-order chi connectivity index (χ1) is 15.3. The van der Waals surface area contributed by atoms with Crippen LogP contribution in [0.25, 0.3) is 5.52 Å². The average molecular weight is 463 g/mol. The molecule has 2 aromatic rings. The summed E-state index contributed by atoms with van der Waals surface area (Å²) in [7, 11) is -1.65. The van der Waals surface area contributed by atoms with Crippen LogP contribution in [0, 0.1) is 17.2 Å². The second-order valence-electron chi connectivity index (χ2n) is 7.98. The van der Waals surface area contributed by atoms with E-state index >= 15 is 0 Å². The predicted octanol–water partition coefficient (Wildman–Crippen LogP) is 1.14. The SMILES string of the molecule is CC(C)OC(=O)[C@H](C)NP1OCNC2O[C@@](C#N)(c3ccc4c(N)ncnn34)[C@@H](C)[C@@H]2O1. The highest BCUT2D eigenvalue weighted by Gasteiger charge is 2.58. The normalized spacial score (nSPS) is 31.1. The molecule has 0 aromatic carbocycles. The number of nitrogen functional groups attached to an aromatic ring is 1. The minimum atomic E-state index is -1.65. The van der Waals surface area contributed by atoms with Crippen LogP contribution in [0.5, 0.6) is 0 Å². The number of carbonyl (C=O) groups is 1. The fourth-order valence-electron chi connectivity index (χ4n) is 3.82. The molecule has 0 saturated carbocycles. The summed E-state index contributed by atoms with van der Waals surface area (Å²) in [6.45, 7) is 7.23. The zero-order valence-electron chi connectivity index (χ0n) is 18.2. The number of esters is 1. The summed E-state index contributed by atoms with van der Waals surface area (Å²) in [5.74, 6) is -0.509. The lowest BCUT2D eigenvalue weighted by Gasteiger charge is -2.28.